The standard InChI is InChI=1S/C20H17ClN4O3S/c1-19(18(27)28,25-11-10-13-6-2-5-9-16(13)25)17(26)23-20(22-12-29-24-20)14-7-3-4-8-15(14)21/h2-12,24H,1H3,(H,23,26)(H,27,28). The van der Waals surface area contributed by atoms with Gasteiger partial charge in [-0.1, -0.05) is 48.0 Å². The number of amides is 1. The number of carboxylic acids is 1. The van der Waals surface area contributed by atoms with Gasteiger partial charge in [0.15, 0.2) is 0 Å². The van der Waals surface area contributed by atoms with Gasteiger partial charge in [0.05, 0.1) is 5.55 Å². The lowest BCUT2D eigenvalue weighted by Gasteiger charge is -2.33. The first kappa shape index (κ1) is 19.5. The molecule has 0 bridgehead atoms. The number of benzene rings is 2. The van der Waals surface area contributed by atoms with Crippen molar-refractivity contribution in [3.05, 3.63) is 71.4 Å². The van der Waals surface area contributed by atoms with Crippen LogP contribution >= 0.6 is 23.5 Å². The van der Waals surface area contributed by atoms with E-state index in [2.05, 4.69) is 15.0 Å². The van der Waals surface area contributed by atoms with Crippen molar-refractivity contribution in [2.75, 3.05) is 0 Å². The second kappa shape index (κ2) is 7.22. The first-order valence-electron chi connectivity index (χ1n) is 8.72. The number of aliphatic imine (C=N–C) groups is 1. The molecule has 3 N–H and O–H groups in total. The molecular formula is C20H17ClN4O3S. The van der Waals surface area contributed by atoms with Gasteiger partial charge in [0.25, 0.3) is 5.91 Å². The molecule has 1 aliphatic heterocycles. The lowest BCUT2D eigenvalue weighted by atomic mass is 9.99. The van der Waals surface area contributed by atoms with Crippen molar-refractivity contribution in [1.82, 2.24) is 14.6 Å². The zero-order valence-corrected chi connectivity index (χ0v) is 16.9. The molecule has 2 aromatic carbocycles. The van der Waals surface area contributed by atoms with Gasteiger partial charge >= 0.3 is 5.97 Å². The summed E-state index contributed by atoms with van der Waals surface area (Å²) in [5.41, 5.74) is 0.771. The van der Waals surface area contributed by atoms with Gasteiger partial charge in [-0.25, -0.2) is 14.5 Å². The summed E-state index contributed by atoms with van der Waals surface area (Å²) >= 11 is 7.51. The maximum Gasteiger partial charge on any atom is 0.339 e. The lowest BCUT2D eigenvalue weighted by Crippen LogP contribution is -2.60. The number of nitrogens with one attached hydrogen (secondary N) is 2. The monoisotopic (exact) mass is 428 g/mol. The topological polar surface area (TPSA) is 95.7 Å². The highest BCUT2D eigenvalue weighted by atomic mass is 35.5. The van der Waals surface area contributed by atoms with E-state index < -0.39 is 23.2 Å². The van der Waals surface area contributed by atoms with Gasteiger partial charge in [-0.05, 0) is 42.5 Å². The molecule has 9 heteroatoms. The second-order valence-corrected chi connectivity index (χ2v) is 7.78. The van der Waals surface area contributed by atoms with Crippen LogP contribution < -0.4 is 10.0 Å². The van der Waals surface area contributed by atoms with Gasteiger partial charge in [0, 0.05) is 22.3 Å². The zero-order chi connectivity index (χ0) is 20.6. The van der Waals surface area contributed by atoms with Crippen LogP contribution in [0.25, 0.3) is 10.9 Å². The zero-order valence-electron chi connectivity index (χ0n) is 15.3. The van der Waals surface area contributed by atoms with E-state index in [4.69, 9.17) is 11.6 Å². The van der Waals surface area contributed by atoms with Gasteiger partial charge in [0.2, 0.25) is 11.3 Å². The van der Waals surface area contributed by atoms with Gasteiger partial charge in [-0.3, -0.25) is 4.79 Å². The maximum absolute atomic E-state index is 13.4. The van der Waals surface area contributed by atoms with E-state index in [1.807, 2.05) is 12.1 Å². The Kier molecular flexibility index (Phi) is 4.85. The first-order chi connectivity index (χ1) is 13.9. The molecule has 0 saturated carbocycles. The van der Waals surface area contributed by atoms with Crippen molar-refractivity contribution in [2.24, 2.45) is 4.99 Å². The number of hydrogen-bond acceptors (Lipinski definition) is 5. The molecule has 0 radical (unpaired) electrons. The maximum atomic E-state index is 13.4. The molecule has 0 aliphatic carbocycles. The van der Waals surface area contributed by atoms with Crippen LogP contribution in [0.1, 0.15) is 12.5 Å². The number of rotatable bonds is 5. The Morgan fingerprint density at radius 1 is 1.21 bits per heavy atom. The molecular weight excluding hydrogens is 412 g/mol. The molecule has 7 nitrogen and oxygen atoms in total. The lowest BCUT2D eigenvalue weighted by molar-refractivity contribution is -0.153. The van der Waals surface area contributed by atoms with Crippen molar-refractivity contribution >= 4 is 51.9 Å². The molecule has 4 rings (SSSR count). The number of aromatic nitrogens is 1. The van der Waals surface area contributed by atoms with E-state index in [9.17, 15) is 14.7 Å². The predicted octanol–water partition coefficient (Wildman–Crippen LogP) is 3.30. The molecule has 2 heterocycles. The fourth-order valence-corrected chi connectivity index (χ4v) is 4.24. The number of para-hydroxylation sites is 1. The summed E-state index contributed by atoms with van der Waals surface area (Å²) in [6, 6.07) is 16.0. The average Bonchev–Trinajstić information content (AvgIpc) is 3.35. The van der Waals surface area contributed by atoms with E-state index in [0.29, 0.717) is 16.1 Å². The highest BCUT2D eigenvalue weighted by Gasteiger charge is 2.48. The highest BCUT2D eigenvalue weighted by molar-refractivity contribution is 8.10. The smallest absolute Gasteiger partial charge is 0.339 e. The largest absolute Gasteiger partial charge is 0.479 e. The van der Waals surface area contributed by atoms with Gasteiger partial charge in [-0.15, -0.1) is 0 Å². The van der Waals surface area contributed by atoms with E-state index in [1.165, 1.54) is 29.0 Å². The summed E-state index contributed by atoms with van der Waals surface area (Å²) in [6.45, 7) is 1.36. The fourth-order valence-electron chi connectivity index (χ4n) is 3.32. The molecule has 1 amide bonds. The SMILES string of the molecule is CC(C(=O)O)(C(=O)NC1(c2ccccc2Cl)N=CSN1)n1ccc2ccccc21. The van der Waals surface area contributed by atoms with E-state index in [-0.39, 0.29) is 0 Å². The summed E-state index contributed by atoms with van der Waals surface area (Å²) in [6.07, 6.45) is 1.60. The Hall–Kier alpha value is -2.81. The third-order valence-electron chi connectivity index (χ3n) is 5.00. The van der Waals surface area contributed by atoms with Crippen LogP contribution in [0, 0.1) is 0 Å². The highest BCUT2D eigenvalue weighted by Crippen LogP contribution is 2.34. The van der Waals surface area contributed by atoms with Gasteiger partial charge in [-0.2, -0.15) is 0 Å². The van der Waals surface area contributed by atoms with Crippen LogP contribution in [0.5, 0.6) is 0 Å². The van der Waals surface area contributed by atoms with Crippen LogP contribution in [0.15, 0.2) is 65.8 Å². The summed E-state index contributed by atoms with van der Waals surface area (Å²) in [4.78, 5) is 30.1. The van der Waals surface area contributed by atoms with Gasteiger partial charge < -0.3 is 15.0 Å². The Balaban J connectivity index is 1.79. The quantitative estimate of drug-likeness (QED) is 0.428. The molecule has 2 atom stereocenters. The van der Waals surface area contributed by atoms with Crippen molar-refractivity contribution in [3.8, 4) is 0 Å². The molecule has 148 valence electrons. The number of fused-ring (bicyclic) bond motifs is 1. The third kappa shape index (κ3) is 3.09. The summed E-state index contributed by atoms with van der Waals surface area (Å²) in [5.74, 6) is -3.40. The normalized spacial score (nSPS) is 20.5. The molecule has 0 spiro atoms. The first-order valence-corrected chi connectivity index (χ1v) is 9.98. The minimum atomic E-state index is -1.91. The van der Waals surface area contributed by atoms with Crippen molar-refractivity contribution < 1.29 is 14.7 Å². The van der Waals surface area contributed by atoms with E-state index >= 15 is 0 Å². The van der Waals surface area contributed by atoms with Crippen LogP contribution in [0.3, 0.4) is 0 Å². The van der Waals surface area contributed by atoms with Crippen LogP contribution in [0.4, 0.5) is 0 Å². The minimum Gasteiger partial charge on any atom is -0.479 e. The van der Waals surface area contributed by atoms with Crippen LogP contribution in [0.2, 0.25) is 5.02 Å². The second-order valence-electron chi connectivity index (χ2n) is 6.72. The number of nitrogens with zero attached hydrogens (tertiary/aromatic N) is 2. The fraction of sp³-hybridized carbons (Fsp3) is 0.150. The molecule has 1 aliphatic rings. The van der Waals surface area contributed by atoms with E-state index in [1.54, 1.807) is 48.7 Å². The molecule has 3 aromatic rings. The molecule has 2 unspecified atom stereocenters. The molecule has 1 aromatic heterocycles. The van der Waals surface area contributed by atoms with Crippen molar-refractivity contribution in [1.29, 1.82) is 0 Å². The number of aliphatic carboxylic acids is 1. The minimum absolute atomic E-state index is 0.392. The summed E-state index contributed by atoms with van der Waals surface area (Å²) < 4.78 is 4.48. The molecule has 29 heavy (non-hydrogen) atoms. The number of carboxylic acid groups (broad SMARTS) is 1. The van der Waals surface area contributed by atoms with Crippen molar-refractivity contribution in [2.45, 2.75) is 18.2 Å². The number of carbonyl (C=O) groups is 2. The van der Waals surface area contributed by atoms with E-state index in [0.717, 1.165) is 5.39 Å². The number of carbonyl (C=O) groups excluding carboxylic acids is 1. The van der Waals surface area contributed by atoms with Gasteiger partial charge in [0.1, 0.15) is 0 Å². The predicted molar refractivity (Wildman–Crippen MR) is 114 cm³/mol. The Morgan fingerprint density at radius 2 is 1.93 bits per heavy atom. The molecule has 0 saturated heterocycles. The Bertz CT molecular complexity index is 1150. The Labute approximate surface area is 175 Å². The average molecular weight is 429 g/mol. The third-order valence-corrected chi connectivity index (χ3v) is 5.96. The Morgan fingerprint density at radius 3 is 2.62 bits per heavy atom. The van der Waals surface area contributed by atoms with Crippen LogP contribution in [-0.2, 0) is 20.9 Å². The number of halogens is 1. The number of hydrogen-bond donors (Lipinski definition) is 3. The van der Waals surface area contributed by atoms with Crippen molar-refractivity contribution in [3.63, 3.8) is 0 Å². The van der Waals surface area contributed by atoms with Crippen LogP contribution in [-0.4, -0.2) is 27.1 Å². The summed E-state index contributed by atoms with van der Waals surface area (Å²) in [5, 5.41) is 14.0. The molecule has 0 fully saturated rings. The summed E-state index contributed by atoms with van der Waals surface area (Å²) in [7, 11) is 0.